The quantitative estimate of drug-likeness (QED) is 0.412. The third kappa shape index (κ3) is 6.03. The molecule has 2 aromatic carbocycles. The lowest BCUT2D eigenvalue weighted by molar-refractivity contribution is -0.115. The van der Waals surface area contributed by atoms with Crippen molar-refractivity contribution in [1.29, 1.82) is 0 Å². The summed E-state index contributed by atoms with van der Waals surface area (Å²) in [5, 5.41) is 19.3. The van der Waals surface area contributed by atoms with Crippen molar-refractivity contribution >= 4 is 17.5 Å². The van der Waals surface area contributed by atoms with E-state index in [4.69, 9.17) is 0 Å². The molecule has 4 rings (SSSR count). The lowest BCUT2D eigenvalue weighted by Crippen LogP contribution is -2.35. The number of aliphatic hydroxyl groups excluding tert-OH is 1. The van der Waals surface area contributed by atoms with E-state index in [2.05, 4.69) is 20.9 Å². The van der Waals surface area contributed by atoms with Crippen molar-refractivity contribution in [2.45, 2.75) is 37.5 Å². The average Bonchev–Trinajstić information content (AvgIpc) is 3.32. The van der Waals surface area contributed by atoms with Gasteiger partial charge < -0.3 is 21.1 Å². The molecule has 0 bridgehead atoms. The smallest absolute Gasteiger partial charge is 0.254 e. The number of aromatic nitrogens is 1. The Hall–Kier alpha value is -3.62. The summed E-state index contributed by atoms with van der Waals surface area (Å²) in [6.45, 7) is -0.262. The van der Waals surface area contributed by atoms with Crippen molar-refractivity contribution in [1.82, 2.24) is 15.6 Å². The predicted molar refractivity (Wildman–Crippen MR) is 127 cm³/mol. The van der Waals surface area contributed by atoms with Gasteiger partial charge in [-0.1, -0.05) is 30.3 Å². The summed E-state index contributed by atoms with van der Waals surface area (Å²) >= 11 is 0. The molecule has 1 unspecified atom stereocenters. The number of anilines is 1. The van der Waals surface area contributed by atoms with Crippen molar-refractivity contribution in [2.24, 2.45) is 0 Å². The number of amides is 2. The van der Waals surface area contributed by atoms with Crippen LogP contribution in [0.2, 0.25) is 0 Å². The Morgan fingerprint density at radius 1 is 1.09 bits per heavy atom. The van der Waals surface area contributed by atoms with Crippen LogP contribution in [-0.4, -0.2) is 40.5 Å². The van der Waals surface area contributed by atoms with Crippen LogP contribution in [0.5, 0.6) is 0 Å². The van der Waals surface area contributed by atoms with Gasteiger partial charge in [-0.3, -0.25) is 14.6 Å². The summed E-state index contributed by atoms with van der Waals surface area (Å²) in [5.74, 6) is -1.67. The SMILES string of the molecule is O=C(CNC(=O)c1ccccc1F)Nc1ccc(C[C@@H]2CC[C@H](C(O)c3cccnc3)N2)cc1. The Bertz CT molecular complexity index is 1120. The molecule has 1 fully saturated rings. The summed E-state index contributed by atoms with van der Waals surface area (Å²) in [6.07, 6.45) is 5.45. The number of nitrogens with one attached hydrogen (secondary N) is 3. The zero-order valence-corrected chi connectivity index (χ0v) is 18.6. The van der Waals surface area contributed by atoms with Gasteiger partial charge in [-0.25, -0.2) is 4.39 Å². The van der Waals surface area contributed by atoms with Gasteiger partial charge >= 0.3 is 0 Å². The zero-order chi connectivity index (χ0) is 23.9. The first kappa shape index (κ1) is 23.5. The van der Waals surface area contributed by atoms with Crippen LogP contribution in [0.15, 0.2) is 73.1 Å². The molecule has 0 spiro atoms. The van der Waals surface area contributed by atoms with E-state index in [0.29, 0.717) is 5.69 Å². The molecule has 8 heteroatoms. The summed E-state index contributed by atoms with van der Waals surface area (Å²) in [6, 6.07) is 17.1. The van der Waals surface area contributed by atoms with Crippen molar-refractivity contribution in [3.63, 3.8) is 0 Å². The van der Waals surface area contributed by atoms with Crippen LogP contribution in [0, 0.1) is 5.82 Å². The molecule has 1 saturated heterocycles. The third-order valence-electron chi connectivity index (χ3n) is 5.93. The minimum atomic E-state index is -0.639. The minimum Gasteiger partial charge on any atom is -0.387 e. The standard InChI is InChI=1S/C26H27FN4O3/c27-22-6-2-1-5-21(22)26(34)29-16-24(32)31-19-9-7-17(8-10-19)14-20-11-12-23(30-20)25(33)18-4-3-13-28-15-18/h1-10,13,15,20,23,25,30,33H,11-12,14,16H2,(H,29,34)(H,31,32)/t20-,23+,25?/m0/s1. The van der Waals surface area contributed by atoms with Crippen LogP contribution in [0.25, 0.3) is 0 Å². The van der Waals surface area contributed by atoms with Crippen molar-refractivity contribution in [3.05, 3.63) is 95.6 Å². The fraction of sp³-hybridized carbons (Fsp3) is 0.269. The van der Waals surface area contributed by atoms with Crippen LogP contribution in [0.4, 0.5) is 10.1 Å². The lowest BCUT2D eigenvalue weighted by Gasteiger charge is -2.20. The van der Waals surface area contributed by atoms with Gasteiger partial charge in [0.25, 0.3) is 5.91 Å². The molecule has 4 N–H and O–H groups in total. The summed E-state index contributed by atoms with van der Waals surface area (Å²) in [5.41, 5.74) is 2.43. The molecule has 1 aliphatic rings. The number of hydrogen-bond donors (Lipinski definition) is 4. The molecule has 0 aliphatic carbocycles. The molecule has 0 saturated carbocycles. The largest absolute Gasteiger partial charge is 0.387 e. The molecule has 3 aromatic rings. The van der Waals surface area contributed by atoms with Gasteiger partial charge in [0.1, 0.15) is 5.82 Å². The van der Waals surface area contributed by atoms with Gasteiger partial charge in [0.05, 0.1) is 18.2 Å². The van der Waals surface area contributed by atoms with E-state index >= 15 is 0 Å². The molecule has 0 radical (unpaired) electrons. The fourth-order valence-corrected chi connectivity index (χ4v) is 4.16. The Balaban J connectivity index is 1.23. The van der Waals surface area contributed by atoms with Gasteiger partial charge in [0.2, 0.25) is 5.91 Å². The van der Waals surface area contributed by atoms with Crippen LogP contribution in [-0.2, 0) is 11.2 Å². The maximum Gasteiger partial charge on any atom is 0.254 e. The number of halogens is 1. The monoisotopic (exact) mass is 462 g/mol. The van der Waals surface area contributed by atoms with Gasteiger partial charge in [0.15, 0.2) is 0 Å². The van der Waals surface area contributed by atoms with E-state index in [-0.39, 0.29) is 24.2 Å². The van der Waals surface area contributed by atoms with Gasteiger partial charge in [-0.05, 0) is 55.2 Å². The topological polar surface area (TPSA) is 103 Å². The lowest BCUT2D eigenvalue weighted by atomic mass is 10.0. The predicted octanol–water partition coefficient (Wildman–Crippen LogP) is 2.99. The number of nitrogens with zero attached hydrogens (tertiary/aromatic N) is 1. The number of hydrogen-bond acceptors (Lipinski definition) is 5. The van der Waals surface area contributed by atoms with Crippen molar-refractivity contribution in [3.8, 4) is 0 Å². The van der Waals surface area contributed by atoms with E-state index in [1.807, 2.05) is 36.4 Å². The van der Waals surface area contributed by atoms with Gasteiger partial charge in [-0.15, -0.1) is 0 Å². The number of aliphatic hydroxyl groups is 1. The molecule has 1 aromatic heterocycles. The van der Waals surface area contributed by atoms with E-state index < -0.39 is 23.7 Å². The van der Waals surface area contributed by atoms with Gasteiger partial charge in [-0.2, -0.15) is 0 Å². The van der Waals surface area contributed by atoms with Gasteiger partial charge in [0, 0.05) is 35.7 Å². The highest BCUT2D eigenvalue weighted by atomic mass is 19.1. The Kier molecular flexibility index (Phi) is 7.61. The molecule has 7 nitrogen and oxygen atoms in total. The van der Waals surface area contributed by atoms with E-state index in [9.17, 15) is 19.1 Å². The highest BCUT2D eigenvalue weighted by molar-refractivity contribution is 5.99. The van der Waals surface area contributed by atoms with Crippen LogP contribution in [0.3, 0.4) is 0 Å². The number of pyridine rings is 1. The Morgan fingerprint density at radius 2 is 1.88 bits per heavy atom. The number of carbonyl (C=O) groups excluding carboxylic acids is 2. The number of rotatable bonds is 8. The molecular formula is C26H27FN4O3. The molecule has 2 amide bonds. The maximum atomic E-state index is 13.7. The Morgan fingerprint density at radius 3 is 2.62 bits per heavy atom. The molecule has 2 heterocycles. The number of carbonyl (C=O) groups is 2. The summed E-state index contributed by atoms with van der Waals surface area (Å²) in [4.78, 5) is 28.3. The normalized spacial score (nSPS) is 18.3. The van der Waals surface area contributed by atoms with Crippen molar-refractivity contribution < 1.29 is 19.1 Å². The average molecular weight is 463 g/mol. The first-order valence-electron chi connectivity index (χ1n) is 11.2. The highest BCUT2D eigenvalue weighted by Gasteiger charge is 2.30. The molecule has 3 atom stereocenters. The van der Waals surface area contributed by atoms with Crippen LogP contribution >= 0.6 is 0 Å². The molecule has 34 heavy (non-hydrogen) atoms. The molecule has 176 valence electrons. The number of benzene rings is 2. The second kappa shape index (κ2) is 11.0. The molecule has 1 aliphatic heterocycles. The highest BCUT2D eigenvalue weighted by Crippen LogP contribution is 2.26. The first-order chi connectivity index (χ1) is 16.5. The minimum absolute atomic E-state index is 0.00710. The van der Waals surface area contributed by atoms with E-state index in [0.717, 1.165) is 30.4 Å². The van der Waals surface area contributed by atoms with Crippen molar-refractivity contribution in [2.75, 3.05) is 11.9 Å². The third-order valence-corrected chi connectivity index (χ3v) is 5.93. The summed E-state index contributed by atoms with van der Waals surface area (Å²) < 4.78 is 13.7. The Labute approximate surface area is 197 Å². The summed E-state index contributed by atoms with van der Waals surface area (Å²) in [7, 11) is 0. The fourth-order valence-electron chi connectivity index (χ4n) is 4.16. The van der Waals surface area contributed by atoms with Crippen LogP contribution in [0.1, 0.15) is 40.4 Å². The first-order valence-corrected chi connectivity index (χ1v) is 11.2. The zero-order valence-electron chi connectivity index (χ0n) is 18.6. The van der Waals surface area contributed by atoms with Crippen LogP contribution < -0.4 is 16.0 Å². The maximum absolute atomic E-state index is 13.7. The van der Waals surface area contributed by atoms with E-state index in [1.54, 1.807) is 18.5 Å². The molecular weight excluding hydrogens is 435 g/mol. The second-order valence-electron chi connectivity index (χ2n) is 8.39. The van der Waals surface area contributed by atoms with E-state index in [1.165, 1.54) is 18.2 Å². The second-order valence-corrected chi connectivity index (χ2v) is 8.39.